The average Bonchev–Trinajstić information content (AvgIpc) is 3.38. The SMILES string of the molecule is Cc1ccc(CNC(=O)[C@H](CCCCNC(=O)C(C#N)=CC(C)C)CC(=O)[C@@H](NC(=O)c2cc(C)on2)[C@@H](C)O)cc1. The van der Waals surface area contributed by atoms with E-state index in [0.29, 0.717) is 31.6 Å². The van der Waals surface area contributed by atoms with Crippen LogP contribution >= 0.6 is 0 Å². The van der Waals surface area contributed by atoms with Crippen molar-refractivity contribution < 1.29 is 28.8 Å². The number of unbranched alkanes of at least 4 members (excludes halogenated alkanes) is 1. The van der Waals surface area contributed by atoms with Crippen LogP contribution in [0.3, 0.4) is 0 Å². The molecule has 0 aliphatic carbocycles. The number of amides is 3. The van der Waals surface area contributed by atoms with Crippen molar-refractivity contribution in [3.63, 3.8) is 0 Å². The second kappa shape index (κ2) is 16.8. The minimum Gasteiger partial charge on any atom is -0.391 e. The number of carbonyl (C=O) groups excluding carboxylic acids is 4. The predicted octanol–water partition coefficient (Wildman–Crippen LogP) is 3.05. The molecule has 3 atom stereocenters. The van der Waals surface area contributed by atoms with Gasteiger partial charge in [-0.1, -0.05) is 61.3 Å². The Morgan fingerprint density at radius 1 is 1.07 bits per heavy atom. The fraction of sp³-hybridized carbons (Fsp3) is 0.484. The number of hydrogen-bond donors (Lipinski definition) is 4. The van der Waals surface area contributed by atoms with Crippen LogP contribution in [0.25, 0.3) is 0 Å². The van der Waals surface area contributed by atoms with E-state index in [1.54, 1.807) is 13.0 Å². The standard InChI is InChI=1S/C31H41N5O6/c1-19(2)14-25(17-32)30(40)33-13-7-6-8-24(29(39)34-18-23-11-9-20(3)10-12-23)16-27(38)28(22(5)37)35-31(41)26-15-21(4)42-36-26/h9-12,14-15,19,22,24,28,37H,6-8,13,16,18H2,1-5H3,(H,33,40)(H,34,39)(H,35,41)/t22-,24-,28+/m1/s1. The van der Waals surface area contributed by atoms with Gasteiger partial charge in [0, 0.05) is 31.5 Å². The molecule has 0 radical (unpaired) electrons. The van der Waals surface area contributed by atoms with Gasteiger partial charge >= 0.3 is 0 Å². The van der Waals surface area contributed by atoms with E-state index in [1.165, 1.54) is 13.0 Å². The predicted molar refractivity (Wildman–Crippen MR) is 156 cm³/mol. The second-order valence-corrected chi connectivity index (χ2v) is 10.8. The first-order chi connectivity index (χ1) is 19.9. The first-order valence-corrected chi connectivity index (χ1v) is 14.1. The normalized spacial score (nSPS) is 13.5. The summed E-state index contributed by atoms with van der Waals surface area (Å²) in [5.41, 5.74) is 2.02. The molecule has 226 valence electrons. The highest BCUT2D eigenvalue weighted by atomic mass is 16.5. The molecule has 42 heavy (non-hydrogen) atoms. The Bertz CT molecular complexity index is 1290. The van der Waals surface area contributed by atoms with Gasteiger partial charge in [-0.3, -0.25) is 19.2 Å². The molecule has 4 N–H and O–H groups in total. The first-order valence-electron chi connectivity index (χ1n) is 14.1. The largest absolute Gasteiger partial charge is 0.391 e. The number of aliphatic hydroxyl groups is 1. The number of hydrogen-bond acceptors (Lipinski definition) is 8. The highest BCUT2D eigenvalue weighted by molar-refractivity contribution is 5.98. The van der Waals surface area contributed by atoms with Gasteiger partial charge in [0.25, 0.3) is 11.8 Å². The Labute approximate surface area is 246 Å². The van der Waals surface area contributed by atoms with Gasteiger partial charge in [-0.05, 0) is 45.1 Å². The minimum absolute atomic E-state index is 0.0248. The fourth-order valence-corrected chi connectivity index (χ4v) is 4.20. The molecule has 0 saturated heterocycles. The number of ketones is 1. The second-order valence-electron chi connectivity index (χ2n) is 10.8. The molecule has 0 saturated carbocycles. The Morgan fingerprint density at radius 3 is 2.33 bits per heavy atom. The molecule has 1 heterocycles. The van der Waals surface area contributed by atoms with Gasteiger partial charge in [-0.25, -0.2) is 0 Å². The van der Waals surface area contributed by atoms with Crippen molar-refractivity contribution in [2.45, 2.75) is 79.0 Å². The van der Waals surface area contributed by atoms with E-state index < -0.39 is 35.7 Å². The average molecular weight is 580 g/mol. The number of nitrogens with one attached hydrogen (secondary N) is 3. The molecule has 3 amide bonds. The lowest BCUT2D eigenvalue weighted by Crippen LogP contribution is -2.49. The Balaban J connectivity index is 2.05. The maximum atomic E-state index is 13.3. The topological polar surface area (TPSA) is 174 Å². The molecule has 11 heteroatoms. The van der Waals surface area contributed by atoms with E-state index in [2.05, 4.69) is 21.1 Å². The Kier molecular flexibility index (Phi) is 13.6. The third kappa shape index (κ3) is 11.3. The zero-order valence-electron chi connectivity index (χ0n) is 24.9. The molecule has 0 aliphatic heterocycles. The summed E-state index contributed by atoms with van der Waals surface area (Å²) in [5, 5.41) is 31.2. The third-order valence-electron chi connectivity index (χ3n) is 6.51. The Morgan fingerprint density at radius 2 is 1.76 bits per heavy atom. The molecule has 11 nitrogen and oxygen atoms in total. The molecule has 1 aromatic heterocycles. The summed E-state index contributed by atoms with van der Waals surface area (Å²) in [6.07, 6.45) is 1.53. The van der Waals surface area contributed by atoms with Crippen molar-refractivity contribution in [3.8, 4) is 6.07 Å². The van der Waals surface area contributed by atoms with Crippen LogP contribution in [0.15, 0.2) is 46.5 Å². The smallest absolute Gasteiger partial charge is 0.274 e. The maximum absolute atomic E-state index is 13.3. The molecular weight excluding hydrogens is 538 g/mol. The maximum Gasteiger partial charge on any atom is 0.274 e. The minimum atomic E-state index is -1.25. The van der Waals surface area contributed by atoms with Gasteiger partial charge in [-0.2, -0.15) is 5.26 Å². The van der Waals surface area contributed by atoms with Crippen LogP contribution in [0, 0.1) is 37.0 Å². The van der Waals surface area contributed by atoms with Crippen LogP contribution in [-0.2, 0) is 20.9 Å². The van der Waals surface area contributed by atoms with Gasteiger partial charge < -0.3 is 25.6 Å². The summed E-state index contributed by atoms with van der Waals surface area (Å²) in [5.74, 6) is -2.22. The van der Waals surface area contributed by atoms with Gasteiger partial charge in [-0.15, -0.1) is 0 Å². The van der Waals surface area contributed by atoms with E-state index in [4.69, 9.17) is 4.52 Å². The van der Waals surface area contributed by atoms with E-state index >= 15 is 0 Å². The van der Waals surface area contributed by atoms with E-state index in [-0.39, 0.29) is 36.1 Å². The number of aromatic nitrogens is 1. The number of aryl methyl sites for hydroxylation is 2. The molecular formula is C31H41N5O6. The van der Waals surface area contributed by atoms with Crippen molar-refractivity contribution in [2.24, 2.45) is 11.8 Å². The van der Waals surface area contributed by atoms with Crippen molar-refractivity contribution in [1.29, 1.82) is 5.26 Å². The molecule has 0 unspecified atom stereocenters. The summed E-state index contributed by atoms with van der Waals surface area (Å²) >= 11 is 0. The van der Waals surface area contributed by atoms with Crippen LogP contribution < -0.4 is 16.0 Å². The molecule has 0 fully saturated rings. The van der Waals surface area contributed by atoms with Crippen molar-refractivity contribution in [3.05, 3.63) is 64.6 Å². The lowest BCUT2D eigenvalue weighted by atomic mass is 9.91. The van der Waals surface area contributed by atoms with E-state index in [1.807, 2.05) is 51.1 Å². The van der Waals surface area contributed by atoms with Gasteiger partial charge in [0.15, 0.2) is 11.5 Å². The highest BCUT2D eigenvalue weighted by Crippen LogP contribution is 2.17. The lowest BCUT2D eigenvalue weighted by Gasteiger charge is -2.23. The summed E-state index contributed by atoms with van der Waals surface area (Å²) in [6, 6.07) is 9.77. The fourth-order valence-electron chi connectivity index (χ4n) is 4.20. The number of aliphatic hydroxyl groups excluding tert-OH is 1. The van der Waals surface area contributed by atoms with Gasteiger partial charge in [0.2, 0.25) is 5.91 Å². The monoisotopic (exact) mass is 579 g/mol. The zero-order chi connectivity index (χ0) is 31.2. The molecule has 0 spiro atoms. The molecule has 2 rings (SSSR count). The van der Waals surface area contributed by atoms with Crippen LogP contribution in [0.1, 0.15) is 73.8 Å². The van der Waals surface area contributed by atoms with Crippen LogP contribution in [0.4, 0.5) is 0 Å². The van der Waals surface area contributed by atoms with Gasteiger partial charge in [0.1, 0.15) is 23.4 Å². The highest BCUT2D eigenvalue weighted by Gasteiger charge is 2.31. The number of carbonyl (C=O) groups is 4. The third-order valence-corrected chi connectivity index (χ3v) is 6.51. The Hall–Kier alpha value is -4.30. The quantitative estimate of drug-likeness (QED) is 0.133. The first kappa shape index (κ1) is 33.9. The van der Waals surface area contributed by atoms with E-state index in [0.717, 1.165) is 11.1 Å². The van der Waals surface area contributed by atoms with Crippen LogP contribution in [-0.4, -0.2) is 52.5 Å². The number of rotatable bonds is 16. The molecule has 1 aromatic carbocycles. The number of Topliss-reactive ketones (excluding diaryl/α,β-unsaturated/α-hetero) is 1. The van der Waals surface area contributed by atoms with Crippen LogP contribution in [0.2, 0.25) is 0 Å². The molecule has 2 aromatic rings. The number of allylic oxidation sites excluding steroid dienone is 1. The number of nitriles is 1. The lowest BCUT2D eigenvalue weighted by molar-refractivity contribution is -0.131. The number of benzene rings is 1. The summed E-state index contributed by atoms with van der Waals surface area (Å²) in [7, 11) is 0. The van der Waals surface area contributed by atoms with Crippen molar-refractivity contribution in [2.75, 3.05) is 6.54 Å². The van der Waals surface area contributed by atoms with Crippen molar-refractivity contribution >= 4 is 23.5 Å². The van der Waals surface area contributed by atoms with E-state index in [9.17, 15) is 29.5 Å². The summed E-state index contributed by atoms with van der Waals surface area (Å²) in [6.45, 7) is 9.30. The zero-order valence-corrected chi connectivity index (χ0v) is 24.9. The van der Waals surface area contributed by atoms with Gasteiger partial charge in [0.05, 0.1) is 6.10 Å². The number of nitrogens with zero attached hydrogens (tertiary/aromatic N) is 2. The van der Waals surface area contributed by atoms with Crippen LogP contribution in [0.5, 0.6) is 0 Å². The molecule has 0 bridgehead atoms. The summed E-state index contributed by atoms with van der Waals surface area (Å²) in [4.78, 5) is 51.3. The van der Waals surface area contributed by atoms with Crippen molar-refractivity contribution in [1.82, 2.24) is 21.1 Å². The summed E-state index contributed by atoms with van der Waals surface area (Å²) < 4.78 is 4.91. The molecule has 0 aliphatic rings.